The highest BCUT2D eigenvalue weighted by molar-refractivity contribution is 6.31. The van der Waals surface area contributed by atoms with E-state index in [0.717, 1.165) is 16.8 Å². The number of hydrogen-bond donors (Lipinski definition) is 1. The lowest BCUT2D eigenvalue weighted by Crippen LogP contribution is -2.31. The topological polar surface area (TPSA) is 46.3 Å². The van der Waals surface area contributed by atoms with Gasteiger partial charge in [-0.3, -0.25) is 4.79 Å². The van der Waals surface area contributed by atoms with Crippen LogP contribution in [0.15, 0.2) is 42.5 Å². The number of rotatable bonds is 2. The third-order valence-electron chi connectivity index (χ3n) is 3.61. The molecule has 2 aromatic carbocycles. The zero-order chi connectivity index (χ0) is 14.3. The SMILES string of the molecule is Cc1ccc(CN2C(=O)C(N)c3cc(Cl)ccc32)cc1. The lowest BCUT2D eigenvalue weighted by atomic mass is 10.1. The first kappa shape index (κ1) is 13.2. The largest absolute Gasteiger partial charge is 0.316 e. The molecule has 0 saturated carbocycles. The van der Waals surface area contributed by atoms with E-state index in [1.54, 1.807) is 17.0 Å². The smallest absolute Gasteiger partial charge is 0.248 e. The van der Waals surface area contributed by atoms with Crippen LogP contribution in [0.3, 0.4) is 0 Å². The quantitative estimate of drug-likeness (QED) is 0.921. The summed E-state index contributed by atoms with van der Waals surface area (Å²) < 4.78 is 0. The molecule has 0 aliphatic carbocycles. The van der Waals surface area contributed by atoms with Crippen molar-refractivity contribution in [1.29, 1.82) is 0 Å². The van der Waals surface area contributed by atoms with Gasteiger partial charge in [0.05, 0.1) is 6.54 Å². The number of carbonyl (C=O) groups is 1. The molecule has 2 aromatic rings. The highest BCUT2D eigenvalue weighted by atomic mass is 35.5. The Labute approximate surface area is 123 Å². The molecule has 102 valence electrons. The lowest BCUT2D eigenvalue weighted by Gasteiger charge is -2.18. The van der Waals surface area contributed by atoms with Gasteiger partial charge in [-0.05, 0) is 30.7 Å². The molecule has 0 spiro atoms. The maximum absolute atomic E-state index is 12.3. The monoisotopic (exact) mass is 286 g/mol. The van der Waals surface area contributed by atoms with Crippen LogP contribution in [0.1, 0.15) is 22.7 Å². The average Bonchev–Trinajstić information content (AvgIpc) is 2.66. The number of anilines is 1. The van der Waals surface area contributed by atoms with Crippen molar-refractivity contribution in [3.63, 3.8) is 0 Å². The highest BCUT2D eigenvalue weighted by Crippen LogP contribution is 2.37. The zero-order valence-corrected chi connectivity index (χ0v) is 11.9. The van der Waals surface area contributed by atoms with Gasteiger partial charge in [-0.25, -0.2) is 0 Å². The van der Waals surface area contributed by atoms with Crippen LogP contribution in [0.4, 0.5) is 5.69 Å². The van der Waals surface area contributed by atoms with Gasteiger partial charge in [0, 0.05) is 16.3 Å². The van der Waals surface area contributed by atoms with Gasteiger partial charge < -0.3 is 10.6 Å². The van der Waals surface area contributed by atoms with Crippen LogP contribution >= 0.6 is 11.6 Å². The molecule has 0 bridgehead atoms. The van der Waals surface area contributed by atoms with E-state index in [2.05, 4.69) is 0 Å². The number of hydrogen-bond acceptors (Lipinski definition) is 2. The van der Waals surface area contributed by atoms with Gasteiger partial charge in [0.15, 0.2) is 0 Å². The van der Waals surface area contributed by atoms with E-state index in [9.17, 15) is 4.79 Å². The molecular weight excluding hydrogens is 272 g/mol. The molecule has 1 heterocycles. The second-order valence-corrected chi connectivity index (χ2v) is 5.53. The summed E-state index contributed by atoms with van der Waals surface area (Å²) in [5.41, 5.74) is 9.91. The maximum atomic E-state index is 12.3. The molecule has 3 rings (SSSR count). The number of fused-ring (bicyclic) bond motifs is 1. The molecule has 1 atom stereocenters. The molecule has 1 unspecified atom stereocenters. The van der Waals surface area contributed by atoms with Gasteiger partial charge in [-0.1, -0.05) is 41.4 Å². The summed E-state index contributed by atoms with van der Waals surface area (Å²) >= 11 is 5.98. The Hall–Kier alpha value is -1.84. The second-order valence-electron chi connectivity index (χ2n) is 5.09. The first-order valence-corrected chi connectivity index (χ1v) is 6.86. The molecule has 0 aromatic heterocycles. The van der Waals surface area contributed by atoms with Crippen molar-refractivity contribution in [2.45, 2.75) is 19.5 Å². The van der Waals surface area contributed by atoms with E-state index in [0.29, 0.717) is 11.6 Å². The van der Waals surface area contributed by atoms with Crippen LogP contribution in [-0.4, -0.2) is 5.91 Å². The first-order chi connectivity index (χ1) is 9.56. The van der Waals surface area contributed by atoms with Crippen LogP contribution in [0.2, 0.25) is 5.02 Å². The summed E-state index contributed by atoms with van der Waals surface area (Å²) in [6.07, 6.45) is 0. The Morgan fingerprint density at radius 3 is 2.60 bits per heavy atom. The highest BCUT2D eigenvalue weighted by Gasteiger charge is 2.34. The summed E-state index contributed by atoms with van der Waals surface area (Å²) in [6.45, 7) is 2.57. The third-order valence-corrected chi connectivity index (χ3v) is 3.84. The lowest BCUT2D eigenvalue weighted by molar-refractivity contribution is -0.119. The molecule has 1 amide bonds. The Morgan fingerprint density at radius 1 is 1.20 bits per heavy atom. The number of benzene rings is 2. The van der Waals surface area contributed by atoms with Crippen molar-refractivity contribution in [1.82, 2.24) is 0 Å². The summed E-state index contributed by atoms with van der Waals surface area (Å²) in [7, 11) is 0. The molecule has 1 aliphatic rings. The van der Waals surface area contributed by atoms with Crippen LogP contribution < -0.4 is 10.6 Å². The maximum Gasteiger partial charge on any atom is 0.248 e. The van der Waals surface area contributed by atoms with E-state index in [4.69, 9.17) is 17.3 Å². The van der Waals surface area contributed by atoms with E-state index < -0.39 is 6.04 Å². The van der Waals surface area contributed by atoms with Gasteiger partial charge in [-0.15, -0.1) is 0 Å². The van der Waals surface area contributed by atoms with Crippen molar-refractivity contribution in [2.24, 2.45) is 5.73 Å². The number of aryl methyl sites for hydroxylation is 1. The summed E-state index contributed by atoms with van der Waals surface area (Å²) in [5.74, 6) is -0.0807. The Bertz CT molecular complexity index is 667. The minimum Gasteiger partial charge on any atom is -0.316 e. The van der Waals surface area contributed by atoms with Crippen LogP contribution in [-0.2, 0) is 11.3 Å². The summed E-state index contributed by atoms with van der Waals surface area (Å²) in [4.78, 5) is 14.0. The molecule has 20 heavy (non-hydrogen) atoms. The molecule has 2 N–H and O–H groups in total. The normalized spacial score (nSPS) is 17.4. The minimum atomic E-state index is -0.617. The van der Waals surface area contributed by atoms with Gasteiger partial charge in [0.25, 0.3) is 0 Å². The van der Waals surface area contributed by atoms with Gasteiger partial charge >= 0.3 is 0 Å². The number of carbonyl (C=O) groups excluding carboxylic acids is 1. The Balaban J connectivity index is 1.95. The summed E-state index contributed by atoms with van der Waals surface area (Å²) in [5, 5.41) is 0.601. The van der Waals surface area contributed by atoms with Crippen molar-refractivity contribution in [3.05, 3.63) is 64.2 Å². The van der Waals surface area contributed by atoms with Crippen LogP contribution in [0, 0.1) is 6.92 Å². The fourth-order valence-electron chi connectivity index (χ4n) is 2.48. The molecule has 0 fully saturated rings. The predicted molar refractivity (Wildman–Crippen MR) is 80.7 cm³/mol. The molecule has 0 saturated heterocycles. The fraction of sp³-hybridized carbons (Fsp3) is 0.188. The average molecular weight is 287 g/mol. The Kier molecular flexibility index (Phi) is 3.24. The molecule has 3 nitrogen and oxygen atoms in total. The van der Waals surface area contributed by atoms with Crippen molar-refractivity contribution >= 4 is 23.2 Å². The van der Waals surface area contributed by atoms with E-state index in [1.807, 2.05) is 37.3 Å². The van der Waals surface area contributed by atoms with E-state index in [-0.39, 0.29) is 5.91 Å². The second kappa shape index (κ2) is 4.93. The van der Waals surface area contributed by atoms with Crippen molar-refractivity contribution in [3.8, 4) is 0 Å². The van der Waals surface area contributed by atoms with Crippen molar-refractivity contribution in [2.75, 3.05) is 4.90 Å². The Morgan fingerprint density at radius 2 is 1.90 bits per heavy atom. The first-order valence-electron chi connectivity index (χ1n) is 6.48. The van der Waals surface area contributed by atoms with Gasteiger partial charge in [0.1, 0.15) is 6.04 Å². The molecule has 0 radical (unpaired) electrons. The predicted octanol–water partition coefficient (Wildman–Crippen LogP) is 3.20. The molecule has 4 heteroatoms. The summed E-state index contributed by atoms with van der Waals surface area (Å²) in [6, 6.07) is 12.9. The standard InChI is InChI=1S/C16H15ClN2O/c1-10-2-4-11(5-3-10)9-19-14-7-6-12(17)8-13(14)15(18)16(19)20/h2-8,15H,9,18H2,1H3. The molecular formula is C16H15ClN2O. The van der Waals surface area contributed by atoms with Crippen LogP contribution in [0.5, 0.6) is 0 Å². The van der Waals surface area contributed by atoms with Gasteiger partial charge in [0.2, 0.25) is 5.91 Å². The number of amides is 1. The van der Waals surface area contributed by atoms with E-state index >= 15 is 0 Å². The molecule has 1 aliphatic heterocycles. The van der Waals surface area contributed by atoms with E-state index in [1.165, 1.54) is 5.56 Å². The minimum absolute atomic E-state index is 0.0807. The van der Waals surface area contributed by atoms with Crippen LogP contribution in [0.25, 0.3) is 0 Å². The van der Waals surface area contributed by atoms with Crippen molar-refractivity contribution < 1.29 is 4.79 Å². The fourth-order valence-corrected chi connectivity index (χ4v) is 2.66. The van der Waals surface area contributed by atoms with Gasteiger partial charge in [-0.2, -0.15) is 0 Å². The third kappa shape index (κ3) is 2.19. The number of nitrogens with two attached hydrogens (primary N) is 1. The number of nitrogens with zero attached hydrogens (tertiary/aromatic N) is 1. The zero-order valence-electron chi connectivity index (χ0n) is 11.1. The number of halogens is 1.